The van der Waals surface area contributed by atoms with Crippen LogP contribution >= 0.6 is 0 Å². The Kier molecular flexibility index (Phi) is 8.82. The number of carbonyl (C=O) groups is 1. The quantitative estimate of drug-likeness (QED) is 0.416. The molecule has 1 unspecified atom stereocenters. The summed E-state index contributed by atoms with van der Waals surface area (Å²) in [5.74, 6) is 0.195. The molecule has 0 saturated carbocycles. The normalized spacial score (nSPS) is 23.3. The molecule has 9 heteroatoms. The first kappa shape index (κ1) is 28.5. The van der Waals surface area contributed by atoms with Gasteiger partial charge in [-0.15, -0.1) is 0 Å². The van der Waals surface area contributed by atoms with Gasteiger partial charge in [-0.1, -0.05) is 25.5 Å². The molecule has 38 heavy (non-hydrogen) atoms. The van der Waals surface area contributed by atoms with Gasteiger partial charge in [0.25, 0.3) is 5.91 Å². The first-order chi connectivity index (χ1) is 18.0. The van der Waals surface area contributed by atoms with Crippen molar-refractivity contribution in [1.29, 1.82) is 0 Å². The predicted octanol–water partition coefficient (Wildman–Crippen LogP) is 3.79. The molecule has 1 fully saturated rings. The molecule has 2 aromatic carbocycles. The van der Waals surface area contributed by atoms with E-state index in [-0.39, 0.29) is 10.8 Å². The standard InChI is InChI=1S/C29H41N3O5S/c1-5-21-10-13-23(14-11-21)38(35,36)31-26-24-19-22(12-15-25(24)37-29(3,4)27(26)33)28(34)30-16-8-18-32-17-7-6-9-20(32)2/h10-15,19-20,26-27,31,33H,5-9,16-18H2,1-4H3,(H,30,34)/t20?,26-,27+/m1/s1. The van der Waals surface area contributed by atoms with E-state index in [1.807, 2.05) is 6.92 Å². The third-order valence-electron chi connectivity index (χ3n) is 7.78. The lowest BCUT2D eigenvalue weighted by atomic mass is 9.86. The highest BCUT2D eigenvalue weighted by Gasteiger charge is 2.44. The number of nitrogens with one attached hydrogen (secondary N) is 2. The third-order valence-corrected chi connectivity index (χ3v) is 9.24. The Labute approximate surface area is 226 Å². The minimum Gasteiger partial charge on any atom is -0.485 e. The summed E-state index contributed by atoms with van der Waals surface area (Å²) in [6.07, 6.45) is 4.22. The van der Waals surface area contributed by atoms with Gasteiger partial charge in [-0.2, -0.15) is 0 Å². The zero-order chi connectivity index (χ0) is 27.5. The number of likely N-dealkylation sites (tertiary alicyclic amines) is 1. The van der Waals surface area contributed by atoms with E-state index in [1.54, 1.807) is 56.3 Å². The van der Waals surface area contributed by atoms with Crippen molar-refractivity contribution in [2.24, 2.45) is 0 Å². The van der Waals surface area contributed by atoms with Crippen LogP contribution in [0.2, 0.25) is 0 Å². The second-order valence-corrected chi connectivity index (χ2v) is 12.7. The topological polar surface area (TPSA) is 108 Å². The molecule has 1 amide bonds. The summed E-state index contributed by atoms with van der Waals surface area (Å²) < 4.78 is 35.2. The fourth-order valence-electron chi connectivity index (χ4n) is 5.28. The molecule has 2 aliphatic rings. The number of hydrogen-bond acceptors (Lipinski definition) is 6. The van der Waals surface area contributed by atoms with Crippen molar-refractivity contribution in [3.63, 3.8) is 0 Å². The van der Waals surface area contributed by atoms with Crippen molar-refractivity contribution >= 4 is 15.9 Å². The molecule has 2 heterocycles. The number of hydrogen-bond donors (Lipinski definition) is 3. The zero-order valence-corrected chi connectivity index (χ0v) is 23.7. The van der Waals surface area contributed by atoms with E-state index in [2.05, 4.69) is 21.9 Å². The van der Waals surface area contributed by atoms with Crippen LogP contribution in [0.15, 0.2) is 47.4 Å². The van der Waals surface area contributed by atoms with Crippen LogP contribution in [0, 0.1) is 0 Å². The third kappa shape index (κ3) is 6.39. The molecule has 0 radical (unpaired) electrons. The average Bonchev–Trinajstić information content (AvgIpc) is 2.89. The Balaban J connectivity index is 1.49. The van der Waals surface area contributed by atoms with Gasteiger partial charge in [0.2, 0.25) is 10.0 Å². The monoisotopic (exact) mass is 543 g/mol. The fraction of sp³-hybridized carbons (Fsp3) is 0.552. The van der Waals surface area contributed by atoms with Crippen LogP contribution < -0.4 is 14.8 Å². The number of carbonyl (C=O) groups excluding carboxylic acids is 1. The van der Waals surface area contributed by atoms with Crippen LogP contribution in [-0.4, -0.2) is 61.7 Å². The lowest BCUT2D eigenvalue weighted by Gasteiger charge is -2.42. The zero-order valence-electron chi connectivity index (χ0n) is 22.9. The highest BCUT2D eigenvalue weighted by atomic mass is 32.2. The van der Waals surface area contributed by atoms with Gasteiger partial charge in [-0.05, 0) is 88.9 Å². The number of ether oxygens (including phenoxy) is 1. The molecule has 0 spiro atoms. The van der Waals surface area contributed by atoms with Crippen molar-refractivity contribution in [2.45, 2.75) is 88.5 Å². The molecule has 2 aliphatic heterocycles. The van der Waals surface area contributed by atoms with Gasteiger partial charge in [0.05, 0.1) is 10.9 Å². The molecule has 0 aliphatic carbocycles. The summed E-state index contributed by atoms with van der Waals surface area (Å²) in [6, 6.07) is 11.2. The van der Waals surface area contributed by atoms with Crippen LogP contribution in [0.3, 0.4) is 0 Å². The number of aliphatic hydroxyl groups excluding tert-OH is 1. The minimum atomic E-state index is -3.95. The maximum absolute atomic E-state index is 13.3. The molecule has 3 N–H and O–H groups in total. The molecular weight excluding hydrogens is 502 g/mol. The van der Waals surface area contributed by atoms with Crippen molar-refractivity contribution in [3.8, 4) is 5.75 Å². The fourth-order valence-corrected chi connectivity index (χ4v) is 6.50. The smallest absolute Gasteiger partial charge is 0.251 e. The maximum Gasteiger partial charge on any atom is 0.251 e. The van der Waals surface area contributed by atoms with E-state index in [0.717, 1.165) is 31.5 Å². The SMILES string of the molecule is CCc1ccc(S(=O)(=O)N[C@@H]2c3cc(C(=O)NCCCN4CCCCC4C)ccc3OC(C)(C)[C@H]2O)cc1. The molecule has 2 aromatic rings. The number of piperidine rings is 1. The second-order valence-electron chi connectivity index (χ2n) is 11.0. The summed E-state index contributed by atoms with van der Waals surface area (Å²) in [6.45, 7) is 10.3. The summed E-state index contributed by atoms with van der Waals surface area (Å²) in [5.41, 5.74) is 0.812. The predicted molar refractivity (Wildman–Crippen MR) is 148 cm³/mol. The van der Waals surface area contributed by atoms with Gasteiger partial charge >= 0.3 is 0 Å². The first-order valence-corrected chi connectivity index (χ1v) is 15.1. The maximum atomic E-state index is 13.3. The largest absolute Gasteiger partial charge is 0.485 e. The van der Waals surface area contributed by atoms with E-state index >= 15 is 0 Å². The van der Waals surface area contributed by atoms with E-state index < -0.39 is 27.8 Å². The number of benzene rings is 2. The van der Waals surface area contributed by atoms with Gasteiger partial charge < -0.3 is 20.1 Å². The van der Waals surface area contributed by atoms with Gasteiger partial charge in [0, 0.05) is 30.3 Å². The number of sulfonamides is 1. The molecule has 0 bridgehead atoms. The number of aliphatic hydroxyl groups is 1. The summed E-state index contributed by atoms with van der Waals surface area (Å²) in [7, 11) is -3.95. The Hall–Kier alpha value is -2.46. The molecule has 4 rings (SSSR count). The van der Waals surface area contributed by atoms with Gasteiger partial charge in [-0.25, -0.2) is 13.1 Å². The number of rotatable bonds is 9. The molecule has 208 valence electrons. The summed E-state index contributed by atoms with van der Waals surface area (Å²) in [5, 5.41) is 14.1. The lowest BCUT2D eigenvalue weighted by molar-refractivity contribution is -0.0603. The number of amides is 1. The number of aryl methyl sites for hydroxylation is 1. The Bertz CT molecular complexity index is 1230. The Morgan fingerprint density at radius 3 is 2.58 bits per heavy atom. The van der Waals surface area contributed by atoms with Gasteiger partial charge in [-0.3, -0.25) is 4.79 Å². The van der Waals surface area contributed by atoms with E-state index in [9.17, 15) is 18.3 Å². The molecule has 3 atom stereocenters. The summed E-state index contributed by atoms with van der Waals surface area (Å²) >= 11 is 0. The molecule has 8 nitrogen and oxygen atoms in total. The summed E-state index contributed by atoms with van der Waals surface area (Å²) in [4.78, 5) is 15.6. The number of fused-ring (bicyclic) bond motifs is 1. The van der Waals surface area contributed by atoms with E-state index in [4.69, 9.17) is 4.74 Å². The van der Waals surface area contributed by atoms with Crippen LogP contribution in [-0.2, 0) is 16.4 Å². The van der Waals surface area contributed by atoms with Crippen molar-refractivity contribution in [3.05, 3.63) is 59.2 Å². The average molecular weight is 544 g/mol. The van der Waals surface area contributed by atoms with Gasteiger partial charge in [0.15, 0.2) is 0 Å². The van der Waals surface area contributed by atoms with Gasteiger partial charge in [0.1, 0.15) is 17.5 Å². The van der Waals surface area contributed by atoms with Crippen molar-refractivity contribution < 1.29 is 23.1 Å². The minimum absolute atomic E-state index is 0.115. The van der Waals surface area contributed by atoms with Crippen molar-refractivity contribution in [1.82, 2.24) is 14.9 Å². The van der Waals surface area contributed by atoms with E-state index in [0.29, 0.717) is 29.5 Å². The lowest BCUT2D eigenvalue weighted by Crippen LogP contribution is -2.53. The molecular formula is C29H41N3O5S. The Morgan fingerprint density at radius 2 is 1.89 bits per heavy atom. The van der Waals surface area contributed by atoms with Crippen LogP contribution in [0.5, 0.6) is 5.75 Å². The van der Waals surface area contributed by atoms with Crippen LogP contribution in [0.1, 0.15) is 80.9 Å². The highest BCUT2D eigenvalue weighted by molar-refractivity contribution is 7.89. The van der Waals surface area contributed by atoms with E-state index in [1.165, 1.54) is 19.3 Å². The highest BCUT2D eigenvalue weighted by Crippen LogP contribution is 2.41. The molecule has 1 saturated heterocycles. The molecule has 0 aromatic heterocycles. The Morgan fingerprint density at radius 1 is 1.16 bits per heavy atom. The first-order valence-electron chi connectivity index (χ1n) is 13.7. The van der Waals surface area contributed by atoms with Crippen LogP contribution in [0.4, 0.5) is 0 Å². The number of nitrogens with zero attached hydrogens (tertiary/aromatic N) is 1. The van der Waals surface area contributed by atoms with Crippen molar-refractivity contribution in [2.75, 3.05) is 19.6 Å². The van der Waals surface area contributed by atoms with Crippen LogP contribution in [0.25, 0.3) is 0 Å². The second kappa shape index (κ2) is 11.7.